The van der Waals surface area contributed by atoms with E-state index in [9.17, 15) is 14.4 Å². The number of carbonyl (C=O) groups excluding carboxylic acids is 3. The van der Waals surface area contributed by atoms with Crippen LogP contribution in [0.25, 0.3) is 0 Å². The molecule has 0 aromatic heterocycles. The molecule has 1 aliphatic carbocycles. The van der Waals surface area contributed by atoms with Crippen LogP contribution in [0, 0.1) is 5.92 Å². The number of methoxy groups -OCH3 is 1. The van der Waals surface area contributed by atoms with Gasteiger partial charge in [0.25, 0.3) is 0 Å². The molecule has 0 bridgehead atoms. The molecule has 1 saturated heterocycles. The first-order valence-electron chi connectivity index (χ1n) is 7.37. The number of nitrogens with one attached hydrogen (secondary N) is 1. The van der Waals surface area contributed by atoms with E-state index in [2.05, 4.69) is 10.1 Å². The van der Waals surface area contributed by atoms with Gasteiger partial charge in [-0.1, -0.05) is 0 Å². The van der Waals surface area contributed by atoms with Crippen molar-refractivity contribution in [2.45, 2.75) is 25.3 Å². The number of benzene rings is 1. The monoisotopic (exact) mass is 302 g/mol. The second kappa shape index (κ2) is 5.79. The fourth-order valence-electron chi connectivity index (χ4n) is 2.57. The zero-order valence-electron chi connectivity index (χ0n) is 12.4. The van der Waals surface area contributed by atoms with Gasteiger partial charge in [-0.15, -0.1) is 0 Å². The SMILES string of the molecule is COC(=O)c1ccc(N2CC(C(=O)NC3CC3)CC2=O)cc1. The van der Waals surface area contributed by atoms with Gasteiger partial charge in [0, 0.05) is 24.7 Å². The van der Waals surface area contributed by atoms with Crippen LogP contribution < -0.4 is 10.2 Å². The van der Waals surface area contributed by atoms with Gasteiger partial charge in [-0.2, -0.15) is 0 Å². The molecular formula is C16H18N2O4. The predicted molar refractivity (Wildman–Crippen MR) is 79.4 cm³/mol. The number of ether oxygens (including phenoxy) is 1. The maximum Gasteiger partial charge on any atom is 0.337 e. The molecule has 1 aromatic carbocycles. The van der Waals surface area contributed by atoms with Crippen LogP contribution in [0.5, 0.6) is 0 Å². The summed E-state index contributed by atoms with van der Waals surface area (Å²) in [4.78, 5) is 37.2. The fraction of sp³-hybridized carbons (Fsp3) is 0.438. The Bertz CT molecular complexity index is 607. The van der Waals surface area contributed by atoms with E-state index in [0.717, 1.165) is 12.8 Å². The second-order valence-electron chi connectivity index (χ2n) is 5.73. The molecule has 116 valence electrons. The summed E-state index contributed by atoms with van der Waals surface area (Å²) in [5, 5.41) is 2.94. The molecule has 22 heavy (non-hydrogen) atoms. The third kappa shape index (κ3) is 2.95. The number of esters is 1. The first kappa shape index (κ1) is 14.6. The van der Waals surface area contributed by atoms with Crippen LogP contribution in [0.4, 0.5) is 5.69 Å². The maximum atomic E-state index is 12.1. The van der Waals surface area contributed by atoms with Crippen LogP contribution in [0.3, 0.4) is 0 Å². The molecule has 1 unspecified atom stereocenters. The van der Waals surface area contributed by atoms with Crippen LogP contribution >= 0.6 is 0 Å². The molecular weight excluding hydrogens is 284 g/mol. The Morgan fingerprint density at radius 1 is 1.23 bits per heavy atom. The number of nitrogens with zero attached hydrogens (tertiary/aromatic N) is 1. The van der Waals surface area contributed by atoms with Gasteiger partial charge in [-0.3, -0.25) is 9.59 Å². The van der Waals surface area contributed by atoms with E-state index in [1.807, 2.05) is 0 Å². The Balaban J connectivity index is 1.67. The lowest BCUT2D eigenvalue weighted by Gasteiger charge is -2.17. The standard InChI is InChI=1S/C16H18N2O4/c1-22-16(21)10-2-6-13(7-3-10)18-9-11(8-14(18)19)15(20)17-12-4-5-12/h2-3,6-7,11-12H,4-5,8-9H2,1H3,(H,17,20). The normalized spacial score (nSPS) is 20.9. The number of anilines is 1. The van der Waals surface area contributed by atoms with Gasteiger partial charge in [0.05, 0.1) is 18.6 Å². The van der Waals surface area contributed by atoms with E-state index in [1.165, 1.54) is 7.11 Å². The number of carbonyl (C=O) groups is 3. The van der Waals surface area contributed by atoms with Gasteiger partial charge in [0.15, 0.2) is 0 Å². The summed E-state index contributed by atoms with van der Waals surface area (Å²) in [7, 11) is 1.32. The minimum absolute atomic E-state index is 0.0375. The van der Waals surface area contributed by atoms with Crippen molar-refractivity contribution in [3.05, 3.63) is 29.8 Å². The average Bonchev–Trinajstić information content (AvgIpc) is 3.26. The van der Waals surface area contributed by atoms with Crippen molar-refractivity contribution < 1.29 is 19.1 Å². The molecule has 0 spiro atoms. The van der Waals surface area contributed by atoms with Crippen molar-refractivity contribution in [3.8, 4) is 0 Å². The summed E-state index contributed by atoms with van der Waals surface area (Å²) in [5.74, 6) is -0.819. The number of hydrogen-bond acceptors (Lipinski definition) is 4. The van der Waals surface area contributed by atoms with E-state index in [0.29, 0.717) is 23.8 Å². The highest BCUT2D eigenvalue weighted by atomic mass is 16.5. The van der Waals surface area contributed by atoms with E-state index in [1.54, 1.807) is 29.2 Å². The van der Waals surface area contributed by atoms with Crippen molar-refractivity contribution in [2.24, 2.45) is 5.92 Å². The van der Waals surface area contributed by atoms with Gasteiger partial charge < -0.3 is 15.0 Å². The number of rotatable bonds is 4. The quantitative estimate of drug-likeness (QED) is 0.845. The highest BCUT2D eigenvalue weighted by molar-refractivity contribution is 6.00. The molecule has 1 aromatic rings. The molecule has 1 heterocycles. The highest BCUT2D eigenvalue weighted by Gasteiger charge is 2.37. The number of amides is 2. The molecule has 6 heteroatoms. The third-order valence-electron chi connectivity index (χ3n) is 4.02. The summed E-state index contributed by atoms with van der Waals surface area (Å²) in [6.07, 6.45) is 2.30. The van der Waals surface area contributed by atoms with E-state index in [-0.39, 0.29) is 24.2 Å². The van der Waals surface area contributed by atoms with Gasteiger partial charge in [0.2, 0.25) is 11.8 Å². The predicted octanol–water partition coefficient (Wildman–Crippen LogP) is 1.10. The first-order valence-corrected chi connectivity index (χ1v) is 7.37. The first-order chi connectivity index (χ1) is 10.6. The Hall–Kier alpha value is -2.37. The van der Waals surface area contributed by atoms with E-state index >= 15 is 0 Å². The molecule has 1 atom stereocenters. The van der Waals surface area contributed by atoms with Crippen molar-refractivity contribution in [1.82, 2.24) is 5.32 Å². The summed E-state index contributed by atoms with van der Waals surface area (Å²) in [6, 6.07) is 6.94. The maximum absolute atomic E-state index is 12.1. The smallest absolute Gasteiger partial charge is 0.337 e. The number of hydrogen-bond donors (Lipinski definition) is 1. The van der Waals surface area contributed by atoms with Crippen LogP contribution in [0.2, 0.25) is 0 Å². The Morgan fingerprint density at radius 2 is 1.91 bits per heavy atom. The highest BCUT2D eigenvalue weighted by Crippen LogP contribution is 2.27. The molecule has 2 amide bonds. The molecule has 1 aliphatic heterocycles. The minimum atomic E-state index is -0.416. The summed E-state index contributed by atoms with van der Waals surface area (Å²) in [5.41, 5.74) is 1.13. The molecule has 6 nitrogen and oxygen atoms in total. The van der Waals surface area contributed by atoms with Gasteiger partial charge in [-0.25, -0.2) is 4.79 Å². The zero-order valence-corrected chi connectivity index (χ0v) is 12.4. The average molecular weight is 302 g/mol. The fourth-order valence-corrected chi connectivity index (χ4v) is 2.57. The summed E-state index contributed by atoms with van der Waals surface area (Å²) < 4.78 is 4.64. The lowest BCUT2D eigenvalue weighted by molar-refractivity contribution is -0.126. The third-order valence-corrected chi connectivity index (χ3v) is 4.02. The van der Waals surface area contributed by atoms with Crippen LogP contribution in [-0.2, 0) is 14.3 Å². The Morgan fingerprint density at radius 3 is 2.50 bits per heavy atom. The zero-order chi connectivity index (χ0) is 15.7. The minimum Gasteiger partial charge on any atom is -0.465 e. The van der Waals surface area contributed by atoms with Crippen molar-refractivity contribution >= 4 is 23.5 Å². The molecule has 2 aliphatic rings. The molecule has 1 saturated carbocycles. The van der Waals surface area contributed by atoms with Gasteiger partial charge >= 0.3 is 5.97 Å². The van der Waals surface area contributed by atoms with Crippen molar-refractivity contribution in [1.29, 1.82) is 0 Å². The molecule has 3 rings (SSSR count). The molecule has 1 N–H and O–H groups in total. The van der Waals surface area contributed by atoms with Crippen molar-refractivity contribution in [2.75, 3.05) is 18.6 Å². The Kier molecular flexibility index (Phi) is 3.83. The van der Waals surface area contributed by atoms with Crippen molar-refractivity contribution in [3.63, 3.8) is 0 Å². The van der Waals surface area contributed by atoms with Gasteiger partial charge in [-0.05, 0) is 37.1 Å². The molecule has 0 radical (unpaired) electrons. The van der Waals surface area contributed by atoms with E-state index in [4.69, 9.17) is 0 Å². The summed E-state index contributed by atoms with van der Waals surface area (Å²) >= 11 is 0. The second-order valence-corrected chi connectivity index (χ2v) is 5.73. The van der Waals surface area contributed by atoms with E-state index < -0.39 is 5.97 Å². The van der Waals surface area contributed by atoms with Crippen LogP contribution in [0.1, 0.15) is 29.6 Å². The van der Waals surface area contributed by atoms with Gasteiger partial charge in [0.1, 0.15) is 0 Å². The molecule has 2 fully saturated rings. The Labute approximate surface area is 128 Å². The summed E-state index contributed by atoms with van der Waals surface area (Å²) in [6.45, 7) is 0.384. The van der Waals surface area contributed by atoms with Crippen LogP contribution in [0.15, 0.2) is 24.3 Å². The largest absolute Gasteiger partial charge is 0.465 e. The lowest BCUT2D eigenvalue weighted by Crippen LogP contribution is -2.34. The topological polar surface area (TPSA) is 75.7 Å². The van der Waals surface area contributed by atoms with Crippen LogP contribution in [-0.4, -0.2) is 37.5 Å². The lowest BCUT2D eigenvalue weighted by atomic mass is 10.1.